The van der Waals surface area contributed by atoms with Gasteiger partial charge in [-0.1, -0.05) is 36.4 Å². The summed E-state index contributed by atoms with van der Waals surface area (Å²) in [5.41, 5.74) is 11.7. The molecule has 4 aromatic rings. The van der Waals surface area contributed by atoms with Crippen LogP contribution in [0.5, 0.6) is 0 Å². The van der Waals surface area contributed by atoms with E-state index in [2.05, 4.69) is 26.0 Å². The van der Waals surface area contributed by atoms with Crippen molar-refractivity contribution >= 4 is 33.4 Å². The van der Waals surface area contributed by atoms with Crippen molar-refractivity contribution in [1.29, 1.82) is 0 Å². The number of pyridine rings is 1. The molecule has 8 heteroatoms. The van der Waals surface area contributed by atoms with Crippen molar-refractivity contribution in [2.24, 2.45) is 5.92 Å². The van der Waals surface area contributed by atoms with E-state index in [0.29, 0.717) is 24.3 Å². The van der Waals surface area contributed by atoms with Crippen LogP contribution in [-0.4, -0.2) is 30.7 Å². The number of nitrogens with zero attached hydrogens (tertiary/aromatic N) is 4. The fraction of sp³-hybridized carbons (Fsp3) is 0.250. The average Bonchev–Trinajstić information content (AvgIpc) is 3.26. The van der Waals surface area contributed by atoms with Crippen LogP contribution in [0, 0.1) is 5.92 Å². The number of carboxylic acid groups (broad SMARTS) is 1. The second-order valence-corrected chi connectivity index (χ2v) is 8.97. The summed E-state index contributed by atoms with van der Waals surface area (Å²) in [7, 11) is 0. The third-order valence-electron chi connectivity index (χ3n) is 6.26. The topological polar surface area (TPSA) is 106 Å². The molecular formula is C24H22BrN5O2. The highest BCUT2D eigenvalue weighted by molar-refractivity contribution is 9.10. The molecule has 1 aliphatic carbocycles. The second kappa shape index (κ2) is 8.35. The van der Waals surface area contributed by atoms with E-state index in [-0.39, 0.29) is 11.8 Å². The highest BCUT2D eigenvalue weighted by Crippen LogP contribution is 2.40. The summed E-state index contributed by atoms with van der Waals surface area (Å²) < 4.78 is 2.37. The van der Waals surface area contributed by atoms with Gasteiger partial charge in [-0.05, 0) is 47.7 Å². The number of aliphatic carboxylic acids is 1. The predicted molar refractivity (Wildman–Crippen MR) is 126 cm³/mol. The summed E-state index contributed by atoms with van der Waals surface area (Å²) in [6, 6.07) is 14.0. The van der Waals surface area contributed by atoms with Gasteiger partial charge in [0.25, 0.3) is 0 Å². The Labute approximate surface area is 193 Å². The Bertz CT molecular complexity index is 1280. The number of halogens is 1. The molecule has 3 aromatic heterocycles. The summed E-state index contributed by atoms with van der Waals surface area (Å²) in [6.45, 7) is 0. The van der Waals surface area contributed by atoms with Gasteiger partial charge < -0.3 is 10.8 Å². The number of nitrogens with two attached hydrogens (primary N) is 1. The number of rotatable bonds is 4. The largest absolute Gasteiger partial charge is 0.481 e. The predicted octanol–water partition coefficient (Wildman–Crippen LogP) is 5.16. The average molecular weight is 492 g/mol. The van der Waals surface area contributed by atoms with Crippen LogP contribution in [0.15, 0.2) is 59.3 Å². The molecule has 3 N–H and O–H groups in total. The number of hydrogen-bond acceptors (Lipinski definition) is 5. The number of benzene rings is 1. The quantitative estimate of drug-likeness (QED) is 0.408. The number of hydrogen-bond donors (Lipinski definition) is 2. The zero-order valence-electron chi connectivity index (χ0n) is 17.3. The van der Waals surface area contributed by atoms with Crippen molar-refractivity contribution in [2.75, 3.05) is 5.73 Å². The van der Waals surface area contributed by atoms with E-state index in [1.165, 1.54) is 0 Å². The Morgan fingerprint density at radius 3 is 2.44 bits per heavy atom. The molecule has 7 nitrogen and oxygen atoms in total. The van der Waals surface area contributed by atoms with Gasteiger partial charge in [0.05, 0.1) is 28.0 Å². The van der Waals surface area contributed by atoms with E-state index in [1.54, 1.807) is 10.7 Å². The number of nitrogen functional groups attached to an aromatic ring is 1. The number of fused-ring (bicyclic) bond motifs is 1. The summed E-state index contributed by atoms with van der Waals surface area (Å²) in [5, 5.41) is 13.8. The van der Waals surface area contributed by atoms with Gasteiger partial charge in [-0.15, -0.1) is 0 Å². The zero-order valence-corrected chi connectivity index (χ0v) is 18.9. The highest BCUT2D eigenvalue weighted by Gasteiger charge is 2.30. The third kappa shape index (κ3) is 3.64. The Kier molecular flexibility index (Phi) is 5.38. The lowest BCUT2D eigenvalue weighted by Gasteiger charge is -2.26. The van der Waals surface area contributed by atoms with Crippen LogP contribution in [-0.2, 0) is 4.79 Å². The number of carbonyl (C=O) groups is 1. The van der Waals surface area contributed by atoms with Gasteiger partial charge in [0.2, 0.25) is 0 Å². The van der Waals surface area contributed by atoms with Crippen molar-refractivity contribution < 1.29 is 9.90 Å². The first kappa shape index (κ1) is 20.6. The first-order chi connectivity index (χ1) is 15.5. The smallest absolute Gasteiger partial charge is 0.306 e. The first-order valence-corrected chi connectivity index (χ1v) is 11.4. The number of anilines is 1. The van der Waals surface area contributed by atoms with Crippen LogP contribution in [0.2, 0.25) is 0 Å². The molecule has 1 aliphatic rings. The monoisotopic (exact) mass is 491 g/mol. The number of carboxylic acids is 1. The molecule has 1 saturated carbocycles. The van der Waals surface area contributed by atoms with Gasteiger partial charge in [0.15, 0.2) is 5.65 Å². The zero-order chi connectivity index (χ0) is 22.2. The third-order valence-corrected chi connectivity index (χ3v) is 7.07. The summed E-state index contributed by atoms with van der Waals surface area (Å²) in [4.78, 5) is 20.9. The Morgan fingerprint density at radius 1 is 1.03 bits per heavy atom. The van der Waals surface area contributed by atoms with Crippen molar-refractivity contribution in [3.8, 4) is 22.4 Å². The van der Waals surface area contributed by atoms with E-state index in [4.69, 9.17) is 10.7 Å². The molecule has 1 aromatic carbocycles. The molecule has 0 atom stereocenters. The van der Waals surface area contributed by atoms with Crippen LogP contribution in [0.25, 0.3) is 28.0 Å². The Balaban J connectivity index is 1.51. The minimum atomic E-state index is -0.713. The van der Waals surface area contributed by atoms with Gasteiger partial charge in [0, 0.05) is 28.8 Å². The number of aromatic nitrogens is 4. The Hall–Kier alpha value is -3.26. The SMILES string of the molecule is Nc1c(Br)c([C@H]2CC[C@H](C(=O)O)CC2)nc2c(-c3ccc(-c4ccccc4)nc3)cnn12. The van der Waals surface area contributed by atoms with Crippen LogP contribution < -0.4 is 5.73 Å². The molecule has 1 fully saturated rings. The molecule has 3 heterocycles. The normalized spacial score (nSPS) is 18.7. The van der Waals surface area contributed by atoms with Crippen molar-refractivity contribution in [2.45, 2.75) is 31.6 Å². The van der Waals surface area contributed by atoms with E-state index in [1.807, 2.05) is 48.7 Å². The van der Waals surface area contributed by atoms with E-state index >= 15 is 0 Å². The standard InChI is InChI=1S/C24H22BrN5O2/c25-20-21(15-6-8-16(9-7-15)24(31)32)29-23-18(13-28-30(23)22(20)26)17-10-11-19(27-12-17)14-4-2-1-3-5-14/h1-5,10-13,15-16H,6-9,26H2,(H,31,32)/t15-,16-. The fourth-order valence-electron chi connectivity index (χ4n) is 4.43. The molecule has 0 radical (unpaired) electrons. The molecule has 0 amide bonds. The van der Waals surface area contributed by atoms with Crippen molar-refractivity contribution in [3.05, 3.63) is 65.0 Å². The molecule has 162 valence electrons. The molecular weight excluding hydrogens is 470 g/mol. The fourth-order valence-corrected chi connectivity index (χ4v) is 5.01. The van der Waals surface area contributed by atoms with Gasteiger partial charge in [-0.3, -0.25) is 9.78 Å². The van der Waals surface area contributed by atoms with Crippen LogP contribution in [0.3, 0.4) is 0 Å². The maximum absolute atomic E-state index is 11.3. The van der Waals surface area contributed by atoms with Crippen LogP contribution in [0.1, 0.15) is 37.3 Å². The summed E-state index contributed by atoms with van der Waals surface area (Å²) in [6.07, 6.45) is 6.43. The van der Waals surface area contributed by atoms with E-state index in [0.717, 1.165) is 45.4 Å². The van der Waals surface area contributed by atoms with E-state index in [9.17, 15) is 9.90 Å². The Morgan fingerprint density at radius 2 is 1.78 bits per heavy atom. The van der Waals surface area contributed by atoms with Gasteiger partial charge in [-0.2, -0.15) is 9.61 Å². The van der Waals surface area contributed by atoms with Crippen molar-refractivity contribution in [3.63, 3.8) is 0 Å². The molecule has 5 rings (SSSR count). The van der Waals surface area contributed by atoms with Crippen LogP contribution >= 0.6 is 15.9 Å². The summed E-state index contributed by atoms with van der Waals surface area (Å²) in [5.74, 6) is -0.333. The molecule has 32 heavy (non-hydrogen) atoms. The van der Waals surface area contributed by atoms with Gasteiger partial charge in [0.1, 0.15) is 5.82 Å². The maximum Gasteiger partial charge on any atom is 0.306 e. The van der Waals surface area contributed by atoms with Crippen molar-refractivity contribution in [1.82, 2.24) is 19.6 Å². The highest BCUT2D eigenvalue weighted by atomic mass is 79.9. The maximum atomic E-state index is 11.3. The van der Waals surface area contributed by atoms with Gasteiger partial charge >= 0.3 is 5.97 Å². The second-order valence-electron chi connectivity index (χ2n) is 8.17. The molecule has 0 aliphatic heterocycles. The van der Waals surface area contributed by atoms with Crippen LogP contribution in [0.4, 0.5) is 5.82 Å². The lowest BCUT2D eigenvalue weighted by molar-refractivity contribution is -0.142. The minimum Gasteiger partial charge on any atom is -0.481 e. The van der Waals surface area contributed by atoms with Gasteiger partial charge in [-0.25, -0.2) is 4.98 Å². The van der Waals surface area contributed by atoms with E-state index < -0.39 is 5.97 Å². The molecule has 0 bridgehead atoms. The first-order valence-electron chi connectivity index (χ1n) is 10.6. The lowest BCUT2D eigenvalue weighted by atomic mass is 9.80. The molecule has 0 saturated heterocycles. The summed E-state index contributed by atoms with van der Waals surface area (Å²) >= 11 is 3.60. The lowest BCUT2D eigenvalue weighted by Crippen LogP contribution is -2.21. The molecule has 0 unspecified atom stereocenters. The molecule has 0 spiro atoms. The minimum absolute atomic E-state index is 0.161.